The summed E-state index contributed by atoms with van der Waals surface area (Å²) >= 11 is 1.89. The lowest BCUT2D eigenvalue weighted by molar-refractivity contribution is 1.03. The SMILES string of the molecule is CCC1=[C]C2C=CC=C2S1. The first-order chi connectivity index (χ1) is 4.90. The Balaban J connectivity index is 2.22. The number of hydrogen-bond acceptors (Lipinski definition) is 1. The summed E-state index contributed by atoms with van der Waals surface area (Å²) in [5.74, 6) is 0.514. The fourth-order valence-corrected chi connectivity index (χ4v) is 2.22. The molecule has 0 spiro atoms. The molecule has 0 saturated heterocycles. The average molecular weight is 149 g/mol. The minimum Gasteiger partial charge on any atom is -0.0977 e. The molecule has 1 heterocycles. The smallest absolute Gasteiger partial charge is 0.0347 e. The summed E-state index contributed by atoms with van der Waals surface area (Å²) in [5, 5.41) is 0. The van der Waals surface area contributed by atoms with E-state index in [1.165, 1.54) is 9.81 Å². The Morgan fingerprint density at radius 3 is 3.30 bits per heavy atom. The first-order valence-corrected chi connectivity index (χ1v) is 4.40. The van der Waals surface area contributed by atoms with Gasteiger partial charge in [-0.15, -0.1) is 0 Å². The van der Waals surface area contributed by atoms with Crippen LogP contribution in [0.1, 0.15) is 13.3 Å². The number of hydrogen-bond donors (Lipinski definition) is 0. The standard InChI is InChI=1S/C9H9S/c1-2-8-6-7-4-3-5-9(7)10-8/h3-5,7H,2H2,1H3. The van der Waals surface area contributed by atoms with Crippen LogP contribution in [-0.4, -0.2) is 0 Å². The van der Waals surface area contributed by atoms with Crippen molar-refractivity contribution in [2.24, 2.45) is 5.92 Å². The van der Waals surface area contributed by atoms with Crippen LogP contribution >= 0.6 is 11.8 Å². The van der Waals surface area contributed by atoms with Gasteiger partial charge in [0.05, 0.1) is 0 Å². The van der Waals surface area contributed by atoms with Gasteiger partial charge in [-0.2, -0.15) is 0 Å². The number of fused-ring (bicyclic) bond motifs is 1. The maximum absolute atomic E-state index is 3.43. The van der Waals surface area contributed by atoms with E-state index < -0.39 is 0 Å². The van der Waals surface area contributed by atoms with Gasteiger partial charge in [0, 0.05) is 10.8 Å². The van der Waals surface area contributed by atoms with E-state index in [1.54, 1.807) is 0 Å². The summed E-state index contributed by atoms with van der Waals surface area (Å²) in [6.45, 7) is 2.18. The summed E-state index contributed by atoms with van der Waals surface area (Å²) in [7, 11) is 0. The number of thioether (sulfide) groups is 1. The van der Waals surface area contributed by atoms with Crippen molar-refractivity contribution in [2.45, 2.75) is 13.3 Å². The Hall–Kier alpha value is -0.430. The third-order valence-corrected chi connectivity index (χ3v) is 3.03. The molecular weight excluding hydrogens is 140 g/mol. The van der Waals surface area contributed by atoms with E-state index in [0.29, 0.717) is 5.92 Å². The van der Waals surface area contributed by atoms with Crippen molar-refractivity contribution in [1.29, 1.82) is 0 Å². The van der Waals surface area contributed by atoms with Gasteiger partial charge in [-0.05, 0) is 17.4 Å². The largest absolute Gasteiger partial charge is 0.0977 e. The van der Waals surface area contributed by atoms with Crippen molar-refractivity contribution < 1.29 is 0 Å². The van der Waals surface area contributed by atoms with E-state index in [9.17, 15) is 0 Å². The van der Waals surface area contributed by atoms with Gasteiger partial charge in [0.25, 0.3) is 0 Å². The monoisotopic (exact) mass is 149 g/mol. The van der Waals surface area contributed by atoms with Gasteiger partial charge in [-0.1, -0.05) is 36.9 Å². The van der Waals surface area contributed by atoms with E-state index in [1.807, 2.05) is 11.8 Å². The van der Waals surface area contributed by atoms with Crippen LogP contribution in [0.5, 0.6) is 0 Å². The number of rotatable bonds is 1. The molecule has 0 aromatic heterocycles. The topological polar surface area (TPSA) is 0 Å². The van der Waals surface area contributed by atoms with Crippen LogP contribution in [0.3, 0.4) is 0 Å². The van der Waals surface area contributed by atoms with Crippen molar-refractivity contribution in [1.82, 2.24) is 0 Å². The Morgan fingerprint density at radius 2 is 2.60 bits per heavy atom. The zero-order valence-corrected chi connectivity index (χ0v) is 6.74. The highest BCUT2D eigenvalue weighted by Gasteiger charge is 2.21. The van der Waals surface area contributed by atoms with Crippen LogP contribution in [-0.2, 0) is 0 Å². The van der Waals surface area contributed by atoms with Gasteiger partial charge in [-0.3, -0.25) is 0 Å². The predicted octanol–water partition coefficient (Wildman–Crippen LogP) is 2.90. The second-order valence-corrected chi connectivity index (χ2v) is 3.62. The highest BCUT2D eigenvalue weighted by atomic mass is 32.2. The van der Waals surface area contributed by atoms with Crippen molar-refractivity contribution in [3.63, 3.8) is 0 Å². The van der Waals surface area contributed by atoms with Gasteiger partial charge < -0.3 is 0 Å². The van der Waals surface area contributed by atoms with Gasteiger partial charge in [-0.25, -0.2) is 0 Å². The van der Waals surface area contributed by atoms with Crippen LogP contribution in [0.15, 0.2) is 28.0 Å². The number of allylic oxidation sites excluding steroid dienone is 6. The van der Waals surface area contributed by atoms with E-state index in [-0.39, 0.29) is 0 Å². The quantitative estimate of drug-likeness (QED) is 0.552. The minimum atomic E-state index is 0.514. The lowest BCUT2D eigenvalue weighted by atomic mass is 10.1. The molecule has 1 atom stereocenters. The van der Waals surface area contributed by atoms with Gasteiger partial charge in [0.2, 0.25) is 0 Å². The fourth-order valence-electron chi connectivity index (χ4n) is 1.20. The zero-order valence-electron chi connectivity index (χ0n) is 5.92. The molecule has 51 valence electrons. The summed E-state index contributed by atoms with van der Waals surface area (Å²) in [6.07, 6.45) is 11.1. The summed E-state index contributed by atoms with van der Waals surface area (Å²) in [6, 6.07) is 0. The molecule has 1 aliphatic carbocycles. The van der Waals surface area contributed by atoms with E-state index in [2.05, 4.69) is 31.2 Å². The normalized spacial score (nSPS) is 28.3. The van der Waals surface area contributed by atoms with Crippen molar-refractivity contribution in [3.8, 4) is 0 Å². The van der Waals surface area contributed by atoms with Crippen molar-refractivity contribution in [3.05, 3.63) is 34.1 Å². The molecule has 0 bridgehead atoms. The molecule has 0 nitrogen and oxygen atoms in total. The van der Waals surface area contributed by atoms with Gasteiger partial charge in [0.15, 0.2) is 0 Å². The highest BCUT2D eigenvalue weighted by Crippen LogP contribution is 2.43. The molecule has 0 aromatic carbocycles. The predicted molar refractivity (Wildman–Crippen MR) is 45.4 cm³/mol. The molecule has 2 rings (SSSR count). The second kappa shape index (κ2) is 2.31. The van der Waals surface area contributed by atoms with Gasteiger partial charge >= 0.3 is 0 Å². The summed E-state index contributed by atoms with van der Waals surface area (Å²) < 4.78 is 0. The molecule has 1 aliphatic heterocycles. The Bertz CT molecular complexity index is 233. The van der Waals surface area contributed by atoms with E-state index in [0.717, 1.165) is 6.42 Å². The first-order valence-electron chi connectivity index (χ1n) is 3.58. The molecule has 10 heavy (non-hydrogen) atoms. The summed E-state index contributed by atoms with van der Waals surface area (Å²) in [5.41, 5.74) is 0. The molecule has 0 N–H and O–H groups in total. The molecular formula is C9H9S. The molecule has 1 unspecified atom stereocenters. The molecule has 1 radical (unpaired) electrons. The van der Waals surface area contributed by atoms with Crippen LogP contribution in [0.25, 0.3) is 0 Å². The molecule has 0 amide bonds. The second-order valence-electron chi connectivity index (χ2n) is 2.45. The fraction of sp³-hybridized carbons (Fsp3) is 0.333. The lowest BCUT2D eigenvalue weighted by Gasteiger charge is -1.95. The van der Waals surface area contributed by atoms with Crippen LogP contribution in [0.4, 0.5) is 0 Å². The molecule has 0 saturated carbocycles. The highest BCUT2D eigenvalue weighted by molar-refractivity contribution is 8.07. The summed E-state index contributed by atoms with van der Waals surface area (Å²) in [4.78, 5) is 2.86. The Morgan fingerprint density at radius 1 is 1.70 bits per heavy atom. The van der Waals surface area contributed by atoms with Gasteiger partial charge in [0.1, 0.15) is 0 Å². The molecule has 0 fully saturated rings. The third kappa shape index (κ3) is 0.853. The molecule has 1 heteroatoms. The van der Waals surface area contributed by atoms with Crippen LogP contribution in [0, 0.1) is 12.0 Å². The molecule has 0 aromatic rings. The third-order valence-electron chi connectivity index (χ3n) is 1.75. The van der Waals surface area contributed by atoms with Crippen molar-refractivity contribution in [2.75, 3.05) is 0 Å². The maximum atomic E-state index is 3.43. The van der Waals surface area contributed by atoms with Crippen LogP contribution in [0.2, 0.25) is 0 Å². The Labute approximate surface area is 65.7 Å². The maximum Gasteiger partial charge on any atom is 0.0347 e. The minimum absolute atomic E-state index is 0.514. The first kappa shape index (κ1) is 6.29. The average Bonchev–Trinajstić information content (AvgIpc) is 2.42. The van der Waals surface area contributed by atoms with Crippen LogP contribution < -0.4 is 0 Å². The van der Waals surface area contributed by atoms with E-state index in [4.69, 9.17) is 0 Å². The lowest BCUT2D eigenvalue weighted by Crippen LogP contribution is -1.81. The zero-order chi connectivity index (χ0) is 6.97. The Kier molecular flexibility index (Phi) is 1.46. The molecule has 2 aliphatic rings. The van der Waals surface area contributed by atoms with E-state index >= 15 is 0 Å². The van der Waals surface area contributed by atoms with Crippen molar-refractivity contribution >= 4 is 11.8 Å².